The highest BCUT2D eigenvalue weighted by atomic mass is 16.5. The van der Waals surface area contributed by atoms with E-state index in [-0.39, 0.29) is 11.9 Å². The minimum atomic E-state index is -0.316. The van der Waals surface area contributed by atoms with Gasteiger partial charge in [0.1, 0.15) is 5.76 Å². The number of amides is 1. The molecule has 1 atom stereocenters. The van der Waals surface area contributed by atoms with Crippen molar-refractivity contribution in [3.63, 3.8) is 0 Å². The number of nitrogens with two attached hydrogens (primary N) is 2. The molecule has 1 heterocycles. The molecule has 0 aromatic rings. The zero-order valence-corrected chi connectivity index (χ0v) is 6.95. The smallest absolute Gasteiger partial charge is 0.217 e. The molecule has 4 heteroatoms. The summed E-state index contributed by atoms with van der Waals surface area (Å²) in [4.78, 5) is 10.4. The van der Waals surface area contributed by atoms with Crippen molar-refractivity contribution in [3.05, 3.63) is 11.8 Å². The maximum absolute atomic E-state index is 10.4. The Morgan fingerprint density at radius 2 is 2.50 bits per heavy atom. The summed E-state index contributed by atoms with van der Waals surface area (Å²) in [7, 11) is 0. The Morgan fingerprint density at radius 1 is 1.75 bits per heavy atom. The second kappa shape index (κ2) is 4.11. The Morgan fingerprint density at radius 3 is 3.00 bits per heavy atom. The fourth-order valence-corrected chi connectivity index (χ4v) is 1.14. The van der Waals surface area contributed by atoms with Crippen molar-refractivity contribution in [3.8, 4) is 0 Å². The Bertz CT molecular complexity index is 201. The van der Waals surface area contributed by atoms with Gasteiger partial charge in [-0.15, -0.1) is 0 Å². The molecule has 68 valence electrons. The van der Waals surface area contributed by atoms with E-state index in [1.54, 1.807) is 0 Å². The molecule has 0 fully saturated rings. The first-order valence-electron chi connectivity index (χ1n) is 4.07. The van der Waals surface area contributed by atoms with E-state index >= 15 is 0 Å². The molecule has 4 N–H and O–H groups in total. The van der Waals surface area contributed by atoms with Crippen LogP contribution in [0.15, 0.2) is 11.8 Å². The summed E-state index contributed by atoms with van der Waals surface area (Å²) in [6.07, 6.45) is 3.77. The molecule has 0 bridgehead atoms. The summed E-state index contributed by atoms with van der Waals surface area (Å²) in [5.41, 5.74) is 10.7. The van der Waals surface area contributed by atoms with Gasteiger partial charge in [0.25, 0.3) is 0 Å². The van der Waals surface area contributed by atoms with Gasteiger partial charge in [0.05, 0.1) is 12.6 Å². The van der Waals surface area contributed by atoms with Crippen LogP contribution in [0.5, 0.6) is 0 Å². The average Bonchev–Trinajstić information content (AvgIpc) is 2.51. The van der Waals surface area contributed by atoms with E-state index in [0.29, 0.717) is 19.4 Å². The van der Waals surface area contributed by atoms with E-state index in [0.717, 1.165) is 12.2 Å². The predicted molar refractivity (Wildman–Crippen MR) is 45.1 cm³/mol. The number of hydrogen-bond acceptors (Lipinski definition) is 3. The molecular weight excluding hydrogens is 156 g/mol. The van der Waals surface area contributed by atoms with Gasteiger partial charge in [0.15, 0.2) is 0 Å². The van der Waals surface area contributed by atoms with Gasteiger partial charge in [-0.25, -0.2) is 0 Å². The molecule has 0 aromatic carbocycles. The molecule has 1 unspecified atom stereocenters. The van der Waals surface area contributed by atoms with Crippen LogP contribution >= 0.6 is 0 Å². The highest BCUT2D eigenvalue weighted by Gasteiger charge is 2.14. The predicted octanol–water partition coefficient (Wildman–Crippen LogP) is -0.117. The molecule has 0 aliphatic carbocycles. The van der Waals surface area contributed by atoms with Crippen LogP contribution in [0.25, 0.3) is 0 Å². The molecule has 1 aliphatic heterocycles. The summed E-state index contributed by atoms with van der Waals surface area (Å²) < 4.78 is 5.23. The number of primary amides is 1. The highest BCUT2D eigenvalue weighted by molar-refractivity contribution is 5.73. The maximum atomic E-state index is 10.4. The van der Waals surface area contributed by atoms with Crippen LogP contribution < -0.4 is 11.5 Å². The van der Waals surface area contributed by atoms with Crippen LogP contribution in [0.2, 0.25) is 0 Å². The van der Waals surface area contributed by atoms with E-state index in [4.69, 9.17) is 16.2 Å². The van der Waals surface area contributed by atoms with E-state index < -0.39 is 0 Å². The molecule has 0 radical (unpaired) electrons. The Kier molecular flexibility index (Phi) is 3.10. The van der Waals surface area contributed by atoms with E-state index in [1.807, 2.05) is 6.08 Å². The second-order valence-corrected chi connectivity index (χ2v) is 2.86. The molecule has 1 aliphatic rings. The zero-order valence-electron chi connectivity index (χ0n) is 6.95. The van der Waals surface area contributed by atoms with Crippen molar-refractivity contribution in [2.45, 2.75) is 25.3 Å². The standard InChI is InChI=1S/C8H14N2O2/c9-6(3-4-8(10)11)7-2-1-5-12-7/h2,6H,1,3-5,9H2,(H2,10,11). The Hall–Kier alpha value is -1.03. The number of rotatable bonds is 4. The quantitative estimate of drug-likeness (QED) is 0.617. The first-order chi connectivity index (χ1) is 5.70. The van der Waals surface area contributed by atoms with E-state index in [2.05, 4.69) is 0 Å². The van der Waals surface area contributed by atoms with Crippen LogP contribution in [0, 0.1) is 0 Å². The topological polar surface area (TPSA) is 78.3 Å². The zero-order chi connectivity index (χ0) is 8.97. The molecule has 0 saturated heterocycles. The van der Waals surface area contributed by atoms with Gasteiger partial charge in [0.2, 0.25) is 5.91 Å². The molecule has 0 saturated carbocycles. The maximum Gasteiger partial charge on any atom is 0.217 e. The van der Waals surface area contributed by atoms with Crippen molar-refractivity contribution >= 4 is 5.91 Å². The summed E-state index contributed by atoms with van der Waals surface area (Å²) in [6.45, 7) is 0.708. The lowest BCUT2D eigenvalue weighted by Gasteiger charge is -2.11. The van der Waals surface area contributed by atoms with Gasteiger partial charge in [0, 0.05) is 12.8 Å². The number of hydrogen-bond donors (Lipinski definition) is 2. The molecule has 4 nitrogen and oxygen atoms in total. The van der Waals surface area contributed by atoms with Gasteiger partial charge in [-0.2, -0.15) is 0 Å². The minimum absolute atomic E-state index is 0.167. The summed E-state index contributed by atoms with van der Waals surface area (Å²) in [6, 6.07) is -0.167. The van der Waals surface area contributed by atoms with Gasteiger partial charge in [-0.3, -0.25) is 4.79 Å². The summed E-state index contributed by atoms with van der Waals surface area (Å²) in [5.74, 6) is 0.486. The van der Waals surface area contributed by atoms with Crippen molar-refractivity contribution in [2.75, 3.05) is 6.61 Å². The third-order valence-electron chi connectivity index (χ3n) is 1.80. The fourth-order valence-electron chi connectivity index (χ4n) is 1.14. The van der Waals surface area contributed by atoms with Crippen LogP contribution in [-0.2, 0) is 9.53 Å². The van der Waals surface area contributed by atoms with Gasteiger partial charge >= 0.3 is 0 Å². The lowest BCUT2D eigenvalue weighted by atomic mass is 10.1. The van der Waals surface area contributed by atoms with Gasteiger partial charge in [-0.05, 0) is 12.5 Å². The highest BCUT2D eigenvalue weighted by Crippen LogP contribution is 2.14. The largest absolute Gasteiger partial charge is 0.496 e. The fraction of sp³-hybridized carbons (Fsp3) is 0.625. The molecule has 0 aromatic heterocycles. The SMILES string of the molecule is NC(=O)CCC(N)C1=CCCO1. The molecule has 1 rings (SSSR count). The average molecular weight is 170 g/mol. The third kappa shape index (κ3) is 2.54. The van der Waals surface area contributed by atoms with Crippen LogP contribution in [0.1, 0.15) is 19.3 Å². The minimum Gasteiger partial charge on any atom is -0.496 e. The van der Waals surface area contributed by atoms with Crippen LogP contribution in [0.4, 0.5) is 0 Å². The first kappa shape index (κ1) is 9.06. The van der Waals surface area contributed by atoms with Crippen LogP contribution in [-0.4, -0.2) is 18.6 Å². The monoisotopic (exact) mass is 170 g/mol. The van der Waals surface area contributed by atoms with Crippen molar-refractivity contribution in [1.82, 2.24) is 0 Å². The number of ether oxygens (including phenoxy) is 1. The van der Waals surface area contributed by atoms with Crippen molar-refractivity contribution < 1.29 is 9.53 Å². The van der Waals surface area contributed by atoms with Gasteiger partial charge in [-0.1, -0.05) is 0 Å². The van der Waals surface area contributed by atoms with Gasteiger partial charge < -0.3 is 16.2 Å². The molecule has 1 amide bonds. The van der Waals surface area contributed by atoms with Crippen molar-refractivity contribution in [1.29, 1.82) is 0 Å². The van der Waals surface area contributed by atoms with E-state index in [9.17, 15) is 4.79 Å². The first-order valence-corrected chi connectivity index (χ1v) is 4.07. The third-order valence-corrected chi connectivity index (χ3v) is 1.80. The Balaban J connectivity index is 2.27. The lowest BCUT2D eigenvalue weighted by Crippen LogP contribution is -2.25. The van der Waals surface area contributed by atoms with Crippen LogP contribution in [0.3, 0.4) is 0 Å². The lowest BCUT2D eigenvalue weighted by molar-refractivity contribution is -0.118. The summed E-state index contributed by atoms with van der Waals surface area (Å²) >= 11 is 0. The molecule has 12 heavy (non-hydrogen) atoms. The van der Waals surface area contributed by atoms with Crippen molar-refractivity contribution in [2.24, 2.45) is 11.5 Å². The molecule has 0 spiro atoms. The number of carbonyl (C=O) groups excluding carboxylic acids is 1. The second-order valence-electron chi connectivity index (χ2n) is 2.86. The molecular formula is C8H14N2O2. The van der Waals surface area contributed by atoms with E-state index in [1.165, 1.54) is 0 Å². The summed E-state index contributed by atoms with van der Waals surface area (Å²) in [5, 5.41) is 0. The Labute approximate surface area is 71.6 Å². The normalized spacial score (nSPS) is 18.2. The number of carbonyl (C=O) groups is 1.